The molecular weight excluding hydrogens is 392 g/mol. The number of amides is 1. The lowest BCUT2D eigenvalue weighted by Crippen LogP contribution is -2.47. The van der Waals surface area contributed by atoms with Gasteiger partial charge < -0.3 is 9.64 Å². The average Bonchev–Trinajstić information content (AvgIpc) is 3.32. The second-order valence-corrected chi connectivity index (χ2v) is 8.79. The molecule has 1 amide bonds. The monoisotopic (exact) mass is 420 g/mol. The van der Waals surface area contributed by atoms with Crippen LogP contribution in [0.5, 0.6) is 5.75 Å². The van der Waals surface area contributed by atoms with Crippen LogP contribution in [0.4, 0.5) is 5.69 Å². The van der Waals surface area contributed by atoms with Gasteiger partial charge in [0.2, 0.25) is 0 Å². The van der Waals surface area contributed by atoms with Crippen LogP contribution in [0, 0.1) is 6.92 Å². The molecule has 2 aromatic carbocycles. The van der Waals surface area contributed by atoms with Crippen molar-refractivity contribution in [1.82, 2.24) is 4.90 Å². The van der Waals surface area contributed by atoms with Gasteiger partial charge in [-0.15, -0.1) is 11.3 Å². The Morgan fingerprint density at radius 1 is 1.07 bits per heavy atom. The van der Waals surface area contributed by atoms with Crippen LogP contribution in [-0.2, 0) is 6.54 Å². The van der Waals surface area contributed by atoms with Crippen molar-refractivity contribution in [2.45, 2.75) is 32.4 Å². The third kappa shape index (κ3) is 4.74. The first-order chi connectivity index (χ1) is 14.6. The Morgan fingerprint density at radius 2 is 1.77 bits per heavy atom. The topological polar surface area (TPSA) is 32.8 Å². The van der Waals surface area contributed by atoms with E-state index in [0.29, 0.717) is 0 Å². The molecule has 0 unspecified atom stereocenters. The first-order valence-electron chi connectivity index (χ1n) is 10.4. The minimum atomic E-state index is 0.113. The summed E-state index contributed by atoms with van der Waals surface area (Å²) in [6.07, 6.45) is 1.95. The fourth-order valence-corrected chi connectivity index (χ4v) is 4.70. The van der Waals surface area contributed by atoms with Gasteiger partial charge in [0, 0.05) is 31.4 Å². The van der Waals surface area contributed by atoms with Crippen molar-refractivity contribution < 1.29 is 9.53 Å². The fraction of sp³-hybridized carbons (Fsp3) is 0.320. The Balaban J connectivity index is 1.46. The van der Waals surface area contributed by atoms with Crippen LogP contribution in [0.15, 0.2) is 66.0 Å². The molecule has 0 N–H and O–H groups in total. The van der Waals surface area contributed by atoms with Crippen LogP contribution >= 0.6 is 11.3 Å². The van der Waals surface area contributed by atoms with Crippen molar-refractivity contribution in [3.63, 3.8) is 0 Å². The standard InChI is InChI=1S/C25H28N2O2S/c1-19-5-9-21(10-6-19)27(25(28)24-4-3-17-30-24)22-13-15-26(16-14-22)18-20-7-11-23(29-2)12-8-20/h3-12,17,22H,13-16,18H2,1-2H3. The van der Waals surface area contributed by atoms with Gasteiger partial charge in [-0.05, 0) is 61.0 Å². The van der Waals surface area contributed by atoms with E-state index >= 15 is 0 Å². The van der Waals surface area contributed by atoms with E-state index in [1.54, 1.807) is 7.11 Å². The van der Waals surface area contributed by atoms with E-state index < -0.39 is 0 Å². The number of rotatable bonds is 6. The molecule has 1 aromatic heterocycles. The molecule has 1 saturated heterocycles. The van der Waals surface area contributed by atoms with Gasteiger partial charge >= 0.3 is 0 Å². The number of aryl methyl sites for hydroxylation is 1. The average molecular weight is 421 g/mol. The number of anilines is 1. The van der Waals surface area contributed by atoms with Crippen LogP contribution in [0.2, 0.25) is 0 Å². The smallest absolute Gasteiger partial charge is 0.268 e. The van der Waals surface area contributed by atoms with Gasteiger partial charge in [0.15, 0.2) is 0 Å². The van der Waals surface area contributed by atoms with Gasteiger partial charge in [-0.1, -0.05) is 35.9 Å². The lowest BCUT2D eigenvalue weighted by atomic mass is 10.0. The molecule has 156 valence electrons. The number of ether oxygens (including phenoxy) is 1. The van der Waals surface area contributed by atoms with Crippen LogP contribution in [0.1, 0.15) is 33.6 Å². The Morgan fingerprint density at radius 3 is 2.37 bits per heavy atom. The minimum absolute atomic E-state index is 0.113. The maximum absolute atomic E-state index is 13.3. The zero-order valence-corrected chi connectivity index (χ0v) is 18.4. The lowest BCUT2D eigenvalue weighted by molar-refractivity contribution is 0.0962. The Bertz CT molecular complexity index is 944. The molecule has 30 heavy (non-hydrogen) atoms. The van der Waals surface area contributed by atoms with Gasteiger partial charge in [0.05, 0.1) is 12.0 Å². The van der Waals surface area contributed by atoms with Crippen LogP contribution in [-0.4, -0.2) is 37.0 Å². The molecule has 5 heteroatoms. The van der Waals surface area contributed by atoms with E-state index in [1.807, 2.05) is 34.5 Å². The van der Waals surface area contributed by atoms with E-state index in [0.717, 1.165) is 48.8 Å². The minimum Gasteiger partial charge on any atom is -0.497 e. The summed E-state index contributed by atoms with van der Waals surface area (Å²) in [5.41, 5.74) is 3.49. The number of hydrogen-bond acceptors (Lipinski definition) is 4. The molecule has 0 aliphatic carbocycles. The number of likely N-dealkylation sites (tertiary alicyclic amines) is 1. The molecule has 1 fully saturated rings. The number of thiophene rings is 1. The second-order valence-electron chi connectivity index (χ2n) is 7.84. The number of carbonyl (C=O) groups is 1. The highest BCUT2D eigenvalue weighted by molar-refractivity contribution is 7.12. The molecule has 0 bridgehead atoms. The molecular formula is C25H28N2O2S. The summed E-state index contributed by atoms with van der Waals surface area (Å²) in [7, 11) is 1.69. The number of piperidine rings is 1. The molecule has 0 atom stereocenters. The third-order valence-electron chi connectivity index (χ3n) is 5.75. The zero-order chi connectivity index (χ0) is 20.9. The predicted molar refractivity (Wildman–Crippen MR) is 124 cm³/mol. The summed E-state index contributed by atoms with van der Waals surface area (Å²) in [5, 5.41) is 1.97. The van der Waals surface area contributed by atoms with Gasteiger partial charge in [-0.25, -0.2) is 0 Å². The number of methoxy groups -OCH3 is 1. The normalized spacial score (nSPS) is 15.1. The van der Waals surface area contributed by atoms with Crippen molar-refractivity contribution in [1.29, 1.82) is 0 Å². The Kier molecular flexibility index (Phi) is 6.50. The summed E-state index contributed by atoms with van der Waals surface area (Å²) >= 11 is 1.51. The fourth-order valence-electron chi connectivity index (χ4n) is 4.04. The van der Waals surface area contributed by atoms with Gasteiger partial charge in [0.25, 0.3) is 5.91 Å². The van der Waals surface area contributed by atoms with Crippen LogP contribution < -0.4 is 9.64 Å². The second kappa shape index (κ2) is 9.45. The summed E-state index contributed by atoms with van der Waals surface area (Å²) in [4.78, 5) is 18.6. The van der Waals surface area contributed by atoms with Crippen molar-refractivity contribution in [3.8, 4) is 5.75 Å². The molecule has 1 aliphatic heterocycles. The van der Waals surface area contributed by atoms with Gasteiger partial charge in [-0.2, -0.15) is 0 Å². The van der Waals surface area contributed by atoms with E-state index in [2.05, 4.69) is 48.2 Å². The maximum Gasteiger partial charge on any atom is 0.268 e. The zero-order valence-electron chi connectivity index (χ0n) is 17.6. The summed E-state index contributed by atoms with van der Waals surface area (Å²) in [6, 6.07) is 20.7. The number of benzene rings is 2. The predicted octanol–water partition coefficient (Wildman–Crippen LogP) is 5.38. The van der Waals surface area contributed by atoms with Crippen molar-refractivity contribution >= 4 is 22.9 Å². The number of nitrogens with zero attached hydrogens (tertiary/aromatic N) is 2. The number of carbonyl (C=O) groups excluding carboxylic acids is 1. The van der Waals surface area contributed by atoms with E-state index in [1.165, 1.54) is 22.5 Å². The highest BCUT2D eigenvalue weighted by atomic mass is 32.1. The summed E-state index contributed by atoms with van der Waals surface area (Å²) in [6.45, 7) is 4.97. The molecule has 4 nitrogen and oxygen atoms in total. The molecule has 0 radical (unpaired) electrons. The van der Waals surface area contributed by atoms with Crippen LogP contribution in [0.3, 0.4) is 0 Å². The molecule has 4 rings (SSSR count). The van der Waals surface area contributed by atoms with E-state index in [-0.39, 0.29) is 11.9 Å². The van der Waals surface area contributed by atoms with Gasteiger partial charge in [-0.3, -0.25) is 9.69 Å². The third-order valence-corrected chi connectivity index (χ3v) is 6.61. The molecule has 3 aromatic rings. The largest absolute Gasteiger partial charge is 0.497 e. The SMILES string of the molecule is COc1ccc(CN2CCC(N(C(=O)c3cccs3)c3ccc(C)cc3)CC2)cc1. The molecule has 0 saturated carbocycles. The van der Waals surface area contributed by atoms with E-state index in [4.69, 9.17) is 4.74 Å². The molecule has 0 spiro atoms. The summed E-state index contributed by atoms with van der Waals surface area (Å²) < 4.78 is 5.25. The first kappa shape index (κ1) is 20.6. The lowest BCUT2D eigenvalue weighted by Gasteiger charge is -2.38. The Hall–Kier alpha value is -2.63. The van der Waals surface area contributed by atoms with Crippen molar-refractivity contribution in [3.05, 3.63) is 82.0 Å². The summed E-state index contributed by atoms with van der Waals surface area (Å²) in [5.74, 6) is 1.00. The van der Waals surface area contributed by atoms with E-state index in [9.17, 15) is 4.79 Å². The highest BCUT2D eigenvalue weighted by Crippen LogP contribution is 2.28. The van der Waals surface area contributed by atoms with Crippen LogP contribution in [0.25, 0.3) is 0 Å². The first-order valence-corrected chi connectivity index (χ1v) is 11.3. The maximum atomic E-state index is 13.3. The number of hydrogen-bond donors (Lipinski definition) is 0. The molecule has 2 heterocycles. The Labute approximate surface area is 182 Å². The van der Waals surface area contributed by atoms with Crippen molar-refractivity contribution in [2.24, 2.45) is 0 Å². The quantitative estimate of drug-likeness (QED) is 0.537. The van der Waals surface area contributed by atoms with Crippen molar-refractivity contribution in [2.75, 3.05) is 25.1 Å². The van der Waals surface area contributed by atoms with Gasteiger partial charge in [0.1, 0.15) is 5.75 Å². The molecule has 1 aliphatic rings. The highest BCUT2D eigenvalue weighted by Gasteiger charge is 2.30.